The van der Waals surface area contributed by atoms with Gasteiger partial charge >= 0.3 is 12.2 Å². The molecule has 17 nitrogen and oxygen atoms in total. The minimum Gasteiger partial charge on any atom is -0.453 e. The highest BCUT2D eigenvalue weighted by molar-refractivity contribution is 5.96. The normalized spacial score (nSPS) is 21.3. The summed E-state index contributed by atoms with van der Waals surface area (Å²) in [5, 5.41) is 55.6. The van der Waals surface area contributed by atoms with Gasteiger partial charge in [0.1, 0.15) is 30.4 Å². The Hall–Kier alpha value is -5.37. The van der Waals surface area contributed by atoms with E-state index in [4.69, 9.17) is 9.47 Å². The average Bonchev–Trinajstić information content (AvgIpc) is 3.83. The minimum absolute atomic E-state index is 0.219. The van der Waals surface area contributed by atoms with E-state index in [0.29, 0.717) is 24.5 Å². The number of carbonyl (C=O) groups excluding carboxylic acids is 4. The lowest BCUT2D eigenvalue weighted by Crippen LogP contribution is -2.60. The van der Waals surface area contributed by atoms with Crippen LogP contribution >= 0.6 is 0 Å². The first kappa shape index (κ1) is 49.6. The van der Waals surface area contributed by atoms with Crippen molar-refractivity contribution in [2.75, 3.05) is 42.8 Å². The molecule has 5 rings (SSSR count). The van der Waals surface area contributed by atoms with Crippen molar-refractivity contribution < 1.29 is 53.5 Å². The topological polar surface area (TPSA) is 225 Å². The predicted octanol–water partition coefficient (Wildman–Crippen LogP) is 3.96. The Kier molecular flexibility index (Phi) is 16.4. The molecule has 3 aromatic carbocycles. The molecule has 0 radical (unpaired) electrons. The number of halogens is 1. The van der Waals surface area contributed by atoms with Gasteiger partial charge in [-0.25, -0.2) is 14.0 Å². The van der Waals surface area contributed by atoms with Crippen LogP contribution in [0.3, 0.4) is 0 Å². The SMILES string of the molecule is COC(=O)NC(C(O)N1CC[C@H](O)[C@H]1C(=O)Nc1ccc(CN(Cc2ccc(NC(=O)[C@@H]3[C@@H](O)CCN3C(O)[C@@H](NC(=O)OC)C(C)(C)C)cc2)c2ccc(F)cc2)cc1)C(C)(C)C. The number of anilines is 3. The Bertz CT molecular complexity index is 1920. The largest absolute Gasteiger partial charge is 0.453 e. The maximum absolute atomic E-state index is 14.0. The van der Waals surface area contributed by atoms with Crippen LogP contribution in [0.2, 0.25) is 0 Å². The number of aliphatic hydroxyl groups is 4. The number of hydrogen-bond acceptors (Lipinski definition) is 13. The summed E-state index contributed by atoms with van der Waals surface area (Å²) in [4.78, 5) is 56.5. The van der Waals surface area contributed by atoms with Crippen molar-refractivity contribution in [3.63, 3.8) is 0 Å². The zero-order valence-electron chi connectivity index (χ0n) is 37.7. The molecule has 0 aliphatic carbocycles. The van der Waals surface area contributed by atoms with E-state index in [2.05, 4.69) is 21.3 Å². The number of amides is 4. The fourth-order valence-electron chi connectivity index (χ4n) is 8.22. The molecule has 4 amide bonds. The van der Waals surface area contributed by atoms with Gasteiger partial charge in [-0.05, 0) is 83.3 Å². The average molecular weight is 894 g/mol. The molecular weight excluding hydrogens is 830 g/mol. The van der Waals surface area contributed by atoms with E-state index in [1.54, 1.807) is 36.4 Å². The van der Waals surface area contributed by atoms with Gasteiger partial charge in [0.15, 0.2) is 0 Å². The molecular formula is C46H64FN7O10. The van der Waals surface area contributed by atoms with Crippen LogP contribution in [-0.2, 0) is 32.2 Å². The quantitative estimate of drug-likeness (QED) is 0.108. The predicted molar refractivity (Wildman–Crippen MR) is 238 cm³/mol. The number of likely N-dealkylation sites (tertiary alicyclic amines) is 2. The summed E-state index contributed by atoms with van der Waals surface area (Å²) in [7, 11) is 2.44. The molecule has 2 heterocycles. The number of ether oxygens (including phenoxy) is 2. The highest BCUT2D eigenvalue weighted by Gasteiger charge is 2.48. The van der Waals surface area contributed by atoms with E-state index in [9.17, 15) is 44.0 Å². The highest BCUT2D eigenvalue weighted by atomic mass is 19.1. The molecule has 350 valence electrons. The lowest BCUT2D eigenvalue weighted by molar-refractivity contribution is -0.131. The molecule has 64 heavy (non-hydrogen) atoms. The van der Waals surface area contributed by atoms with Crippen molar-refractivity contribution in [3.05, 3.63) is 89.7 Å². The summed E-state index contributed by atoms with van der Waals surface area (Å²) in [6.45, 7) is 12.2. The molecule has 2 fully saturated rings. The molecule has 0 saturated carbocycles. The van der Waals surface area contributed by atoms with Crippen molar-refractivity contribution in [2.24, 2.45) is 10.8 Å². The standard InChI is InChI=1S/C46H64FN7O10/c1-45(2,3)37(50-43(61)63-7)41(59)53-23-21-33(55)35(53)39(57)48-30-15-9-27(10-16-30)25-52(32-19-13-29(47)14-20-32)26-28-11-17-31(18-12-28)49-40(58)36-34(56)22-24-54(36)42(60)38(46(4,5)6)51-44(62)64-8/h9-20,33-38,41-42,55-56,59-60H,21-26H2,1-8H3,(H,48,57)(H,49,58)(H,50,61)(H,51,62)/t33-,34-,35-,36-,37+,38?,41?,42?/m0/s1. The smallest absolute Gasteiger partial charge is 0.407 e. The molecule has 0 spiro atoms. The minimum atomic E-state index is -1.30. The zero-order valence-corrected chi connectivity index (χ0v) is 37.7. The van der Waals surface area contributed by atoms with E-state index >= 15 is 0 Å². The molecule has 0 aromatic heterocycles. The molecule has 0 bridgehead atoms. The third kappa shape index (κ3) is 12.5. The maximum atomic E-state index is 14.0. The first-order chi connectivity index (χ1) is 30.1. The lowest BCUT2D eigenvalue weighted by atomic mass is 9.85. The molecule has 18 heteroatoms. The van der Waals surface area contributed by atoms with Gasteiger partial charge in [0.05, 0.1) is 38.5 Å². The summed E-state index contributed by atoms with van der Waals surface area (Å²) in [5.74, 6) is -1.43. The molecule has 8 N–H and O–H groups in total. The molecule has 3 aromatic rings. The van der Waals surface area contributed by atoms with Crippen molar-refractivity contribution in [1.29, 1.82) is 0 Å². The van der Waals surface area contributed by atoms with E-state index < -0.39 is 83.7 Å². The first-order valence-corrected chi connectivity index (χ1v) is 21.3. The maximum Gasteiger partial charge on any atom is 0.407 e. The lowest BCUT2D eigenvalue weighted by Gasteiger charge is -2.40. The third-order valence-corrected chi connectivity index (χ3v) is 11.8. The van der Waals surface area contributed by atoms with Gasteiger partial charge in [-0.1, -0.05) is 65.8 Å². The second kappa shape index (κ2) is 21.1. The number of nitrogens with one attached hydrogen (secondary N) is 4. The Labute approximate surface area is 373 Å². The van der Waals surface area contributed by atoms with Gasteiger partial charge in [-0.3, -0.25) is 19.4 Å². The Morgan fingerprint density at radius 3 is 1.34 bits per heavy atom. The van der Waals surface area contributed by atoms with Crippen molar-refractivity contribution in [3.8, 4) is 0 Å². The fraction of sp³-hybridized carbons (Fsp3) is 0.522. The van der Waals surface area contributed by atoms with E-state index in [1.807, 2.05) is 70.7 Å². The number of benzene rings is 3. The molecule has 2 saturated heterocycles. The second-order valence-corrected chi connectivity index (χ2v) is 18.6. The van der Waals surface area contributed by atoms with Gasteiger partial charge in [-0.2, -0.15) is 0 Å². The number of methoxy groups -OCH3 is 2. The zero-order chi connectivity index (χ0) is 47.1. The van der Waals surface area contributed by atoms with Crippen LogP contribution in [-0.4, -0.2) is 130 Å². The monoisotopic (exact) mass is 893 g/mol. The number of rotatable bonds is 15. The number of nitrogens with zero attached hydrogens (tertiary/aromatic N) is 3. The van der Waals surface area contributed by atoms with Crippen LogP contribution in [0.15, 0.2) is 72.8 Å². The highest BCUT2D eigenvalue weighted by Crippen LogP contribution is 2.32. The van der Waals surface area contributed by atoms with Gasteiger partial charge in [-0.15, -0.1) is 0 Å². The molecule has 3 unspecified atom stereocenters. The number of aliphatic hydroxyl groups excluding tert-OH is 4. The third-order valence-electron chi connectivity index (χ3n) is 11.8. The van der Waals surface area contributed by atoms with E-state index in [0.717, 1.165) is 16.8 Å². The number of carbonyl (C=O) groups is 4. The fourth-order valence-corrected chi connectivity index (χ4v) is 8.22. The number of hydrogen-bond donors (Lipinski definition) is 8. The van der Waals surface area contributed by atoms with Crippen LogP contribution in [0.1, 0.15) is 65.5 Å². The van der Waals surface area contributed by atoms with Crippen LogP contribution in [0.5, 0.6) is 0 Å². The molecule has 2 aliphatic heterocycles. The van der Waals surface area contributed by atoms with Gasteiger partial charge < -0.3 is 56.1 Å². The molecule has 2 aliphatic rings. The first-order valence-electron chi connectivity index (χ1n) is 21.3. The Morgan fingerprint density at radius 2 is 1.02 bits per heavy atom. The Morgan fingerprint density at radius 1 is 0.656 bits per heavy atom. The van der Waals surface area contributed by atoms with Gasteiger partial charge in [0.2, 0.25) is 11.8 Å². The van der Waals surface area contributed by atoms with E-state index in [-0.39, 0.29) is 31.7 Å². The van der Waals surface area contributed by atoms with Crippen molar-refractivity contribution >= 4 is 41.1 Å². The summed E-state index contributed by atoms with van der Waals surface area (Å²) in [6.07, 6.45) is -5.69. The van der Waals surface area contributed by atoms with Crippen molar-refractivity contribution in [2.45, 2.75) is 116 Å². The van der Waals surface area contributed by atoms with Crippen LogP contribution < -0.4 is 26.2 Å². The summed E-state index contributed by atoms with van der Waals surface area (Å²) < 4.78 is 23.5. The molecule has 8 atom stereocenters. The Balaban J connectivity index is 1.25. The number of alkyl carbamates (subject to hydrolysis) is 2. The summed E-state index contributed by atoms with van der Waals surface area (Å²) in [5.41, 5.74) is 2.14. The van der Waals surface area contributed by atoms with Crippen LogP contribution in [0.4, 0.5) is 31.0 Å². The summed E-state index contributed by atoms with van der Waals surface area (Å²) in [6, 6.07) is 16.5. The van der Waals surface area contributed by atoms with Gasteiger partial charge in [0.25, 0.3) is 0 Å². The van der Waals surface area contributed by atoms with Crippen molar-refractivity contribution in [1.82, 2.24) is 20.4 Å². The van der Waals surface area contributed by atoms with Crippen LogP contribution in [0.25, 0.3) is 0 Å². The van der Waals surface area contributed by atoms with Crippen LogP contribution in [0, 0.1) is 16.6 Å². The summed E-state index contributed by atoms with van der Waals surface area (Å²) >= 11 is 0. The second-order valence-electron chi connectivity index (χ2n) is 18.6. The van der Waals surface area contributed by atoms with E-state index in [1.165, 1.54) is 36.2 Å². The van der Waals surface area contributed by atoms with Gasteiger partial charge in [0, 0.05) is 43.2 Å².